The highest BCUT2D eigenvalue weighted by Crippen LogP contribution is 2.40. The van der Waals surface area contributed by atoms with Gasteiger partial charge in [-0.1, -0.05) is 0 Å². The maximum Gasteiger partial charge on any atom is 0.228 e. The molecule has 2 fully saturated rings. The second-order valence-electron chi connectivity index (χ2n) is 3.94. The predicted molar refractivity (Wildman–Crippen MR) is 56.8 cm³/mol. The number of hydrogen-bond acceptors (Lipinski definition) is 5. The van der Waals surface area contributed by atoms with E-state index in [9.17, 15) is 16.8 Å². The van der Waals surface area contributed by atoms with Crippen LogP contribution in [0.25, 0.3) is 0 Å². The van der Waals surface area contributed by atoms with E-state index < -0.39 is 24.8 Å². The Balaban J connectivity index is 0.000000165. The third-order valence-corrected chi connectivity index (χ3v) is 5.43. The molecule has 0 bridgehead atoms. The quantitative estimate of drug-likeness (QED) is 0.643. The minimum absolute atomic E-state index is 0.201. The molecule has 2 rings (SSSR count). The number of rotatable bonds is 2. The number of nitrogens with two attached hydrogens (primary N) is 2. The van der Waals surface area contributed by atoms with Crippen LogP contribution in [0.5, 0.6) is 0 Å². The number of primary sulfonamides is 2. The van der Waals surface area contributed by atoms with Gasteiger partial charge in [-0.25, -0.2) is 27.1 Å². The number of sulfonamides is 2. The first-order valence-electron chi connectivity index (χ1n) is 4.58. The normalized spacial score (nSPS) is 22.6. The molecule has 92 valence electrons. The van der Waals surface area contributed by atoms with Gasteiger partial charge in [0.2, 0.25) is 20.0 Å². The highest BCUT2D eigenvalue weighted by molar-refractivity contribution is 7.91. The van der Waals surface area contributed by atoms with Crippen LogP contribution in [0.3, 0.4) is 0 Å². The van der Waals surface area contributed by atoms with Gasteiger partial charge in [0.15, 0.2) is 4.75 Å². The van der Waals surface area contributed by atoms with Gasteiger partial charge in [-0.2, -0.15) is 5.26 Å². The highest BCUT2D eigenvalue weighted by Gasteiger charge is 2.53. The van der Waals surface area contributed by atoms with Gasteiger partial charge >= 0.3 is 0 Å². The molecule has 0 atom stereocenters. The molecule has 0 unspecified atom stereocenters. The molecule has 9 heteroatoms. The average molecular weight is 267 g/mol. The van der Waals surface area contributed by atoms with E-state index in [0.717, 1.165) is 12.8 Å². The smallest absolute Gasteiger partial charge is 0.228 e. The van der Waals surface area contributed by atoms with Crippen LogP contribution in [-0.4, -0.2) is 26.8 Å². The van der Waals surface area contributed by atoms with Crippen LogP contribution in [-0.2, 0) is 20.0 Å². The van der Waals surface area contributed by atoms with E-state index in [-0.39, 0.29) is 5.25 Å². The second kappa shape index (κ2) is 3.96. The summed E-state index contributed by atoms with van der Waals surface area (Å²) in [5.41, 5.74) is 0. The number of hydrogen-bond donors (Lipinski definition) is 2. The Morgan fingerprint density at radius 2 is 1.56 bits per heavy atom. The van der Waals surface area contributed by atoms with Crippen molar-refractivity contribution in [2.45, 2.75) is 35.7 Å². The van der Waals surface area contributed by atoms with E-state index in [4.69, 9.17) is 15.5 Å². The van der Waals surface area contributed by atoms with E-state index in [1.807, 2.05) is 0 Å². The van der Waals surface area contributed by atoms with Gasteiger partial charge in [0, 0.05) is 0 Å². The molecule has 0 amide bonds. The fourth-order valence-corrected chi connectivity index (χ4v) is 2.56. The summed E-state index contributed by atoms with van der Waals surface area (Å²) in [4.78, 5) is 0. The molecule has 0 aromatic rings. The molecular weight excluding hydrogens is 254 g/mol. The standard InChI is InChI=1S/C4H6N2O2S.C3H7NO2S/c5-3-4(1-2-4)9(6,7)8;4-7(5,6)3-1-2-3/h1-2H2,(H2,6,7,8);3H,1-2H2,(H2,4,5,6). The van der Waals surface area contributed by atoms with Crippen LogP contribution in [0.15, 0.2) is 0 Å². The summed E-state index contributed by atoms with van der Waals surface area (Å²) in [5, 5.41) is 17.5. The Bertz CT molecular complexity index is 508. The van der Waals surface area contributed by atoms with Gasteiger partial charge in [0.05, 0.1) is 11.3 Å². The van der Waals surface area contributed by atoms with E-state index in [0.29, 0.717) is 12.8 Å². The average Bonchev–Trinajstić information content (AvgIpc) is 2.98. The molecule has 0 aromatic heterocycles. The van der Waals surface area contributed by atoms with Crippen LogP contribution in [0.1, 0.15) is 25.7 Å². The van der Waals surface area contributed by atoms with Crippen molar-refractivity contribution >= 4 is 20.0 Å². The van der Waals surface area contributed by atoms with Crippen LogP contribution >= 0.6 is 0 Å². The fourth-order valence-electron chi connectivity index (χ4n) is 0.970. The van der Waals surface area contributed by atoms with E-state index >= 15 is 0 Å². The molecule has 0 aromatic carbocycles. The summed E-state index contributed by atoms with van der Waals surface area (Å²) in [6, 6.07) is 1.68. The van der Waals surface area contributed by atoms with Gasteiger partial charge in [-0.15, -0.1) is 0 Å². The first-order valence-corrected chi connectivity index (χ1v) is 7.73. The van der Waals surface area contributed by atoms with E-state index in [1.54, 1.807) is 6.07 Å². The molecule has 0 aliphatic heterocycles. The van der Waals surface area contributed by atoms with E-state index in [1.165, 1.54) is 0 Å². The molecule has 0 radical (unpaired) electrons. The van der Waals surface area contributed by atoms with Crippen molar-refractivity contribution < 1.29 is 16.8 Å². The molecular formula is C7H13N3O4S2. The molecule has 2 aliphatic rings. The minimum atomic E-state index is -3.60. The van der Waals surface area contributed by atoms with Crippen molar-refractivity contribution in [1.82, 2.24) is 0 Å². The van der Waals surface area contributed by atoms with Gasteiger partial charge in [0.1, 0.15) is 0 Å². The van der Waals surface area contributed by atoms with Crippen LogP contribution in [0.2, 0.25) is 0 Å². The maximum atomic E-state index is 10.5. The van der Waals surface area contributed by atoms with Gasteiger partial charge in [-0.05, 0) is 25.7 Å². The highest BCUT2D eigenvalue weighted by atomic mass is 32.2. The van der Waals surface area contributed by atoms with Gasteiger partial charge in [0.25, 0.3) is 0 Å². The summed E-state index contributed by atoms with van der Waals surface area (Å²) >= 11 is 0. The Kier molecular flexibility index (Phi) is 3.31. The molecule has 7 nitrogen and oxygen atoms in total. The summed E-state index contributed by atoms with van der Waals surface area (Å²) in [6.07, 6.45) is 2.31. The van der Waals surface area contributed by atoms with Crippen molar-refractivity contribution in [2.24, 2.45) is 10.3 Å². The Hall–Kier alpha value is -0.690. The SMILES string of the molecule is N#CC1(S(N)(=O)=O)CC1.NS(=O)(=O)C1CC1. The minimum Gasteiger partial charge on any atom is -0.228 e. The van der Waals surface area contributed by atoms with Crippen molar-refractivity contribution in [1.29, 1.82) is 5.26 Å². The third-order valence-electron chi connectivity index (χ3n) is 2.44. The summed E-state index contributed by atoms with van der Waals surface area (Å²) < 4.78 is 40.1. The maximum absolute atomic E-state index is 10.5. The lowest BCUT2D eigenvalue weighted by Gasteiger charge is -1.97. The first-order chi connectivity index (χ1) is 7.12. The van der Waals surface area contributed by atoms with Crippen LogP contribution < -0.4 is 10.3 Å². The zero-order valence-corrected chi connectivity index (χ0v) is 10.1. The molecule has 2 aliphatic carbocycles. The monoisotopic (exact) mass is 267 g/mol. The fraction of sp³-hybridized carbons (Fsp3) is 0.857. The lowest BCUT2D eigenvalue weighted by Crippen LogP contribution is -2.28. The Morgan fingerprint density at radius 1 is 1.12 bits per heavy atom. The van der Waals surface area contributed by atoms with Crippen molar-refractivity contribution in [3.8, 4) is 6.07 Å². The van der Waals surface area contributed by atoms with Crippen LogP contribution in [0.4, 0.5) is 0 Å². The zero-order valence-electron chi connectivity index (χ0n) is 8.46. The predicted octanol–water partition coefficient (Wildman–Crippen LogP) is -1.23. The lowest BCUT2D eigenvalue weighted by atomic mass is 10.5. The number of nitrogens with zero attached hydrogens (tertiary/aromatic N) is 1. The Morgan fingerprint density at radius 3 is 1.56 bits per heavy atom. The summed E-state index contributed by atoms with van der Waals surface area (Å²) in [6.45, 7) is 0. The van der Waals surface area contributed by atoms with Gasteiger partial charge in [-0.3, -0.25) is 0 Å². The topological polar surface area (TPSA) is 144 Å². The first kappa shape index (κ1) is 13.4. The van der Waals surface area contributed by atoms with Crippen molar-refractivity contribution in [2.75, 3.05) is 0 Å². The summed E-state index contributed by atoms with van der Waals surface area (Å²) in [5.74, 6) is 0. The molecule has 0 spiro atoms. The molecule has 0 heterocycles. The Labute approximate surface area is 94.5 Å². The van der Waals surface area contributed by atoms with Gasteiger partial charge < -0.3 is 0 Å². The van der Waals surface area contributed by atoms with Crippen molar-refractivity contribution in [3.63, 3.8) is 0 Å². The van der Waals surface area contributed by atoms with E-state index in [2.05, 4.69) is 0 Å². The van der Waals surface area contributed by atoms with Crippen LogP contribution in [0, 0.1) is 11.3 Å². The zero-order chi connectivity index (χ0) is 12.6. The lowest BCUT2D eigenvalue weighted by molar-refractivity contribution is 0.589. The molecule has 0 saturated heterocycles. The second-order valence-corrected chi connectivity index (χ2v) is 7.66. The third kappa shape index (κ3) is 3.15. The molecule has 4 N–H and O–H groups in total. The number of nitriles is 1. The summed E-state index contributed by atoms with van der Waals surface area (Å²) in [7, 11) is -6.73. The van der Waals surface area contributed by atoms with Crippen molar-refractivity contribution in [3.05, 3.63) is 0 Å². The molecule has 16 heavy (non-hydrogen) atoms. The largest absolute Gasteiger partial charge is 0.228 e. The molecule has 2 saturated carbocycles.